The van der Waals surface area contributed by atoms with Gasteiger partial charge in [-0.05, 0) is 240 Å². The van der Waals surface area contributed by atoms with Crippen molar-refractivity contribution in [2.24, 2.45) is 10.7 Å². The molecule has 3 saturated heterocycles. The number of allylic oxidation sites excluding steroid dienone is 6. The molecule has 2 unspecified atom stereocenters. The molecule has 2 atom stereocenters. The summed E-state index contributed by atoms with van der Waals surface area (Å²) in [6, 6.07) is 46.8. The Morgan fingerprint density at radius 3 is 1.55 bits per heavy atom. The normalized spacial score (nSPS) is 16.8. The monoisotopic (exact) mass is 1580 g/mol. The van der Waals surface area contributed by atoms with E-state index in [9.17, 15) is 33.2 Å². The van der Waals surface area contributed by atoms with Gasteiger partial charge in [0.15, 0.2) is 11.6 Å². The van der Waals surface area contributed by atoms with Crippen molar-refractivity contribution in [1.82, 2.24) is 24.9 Å². The van der Waals surface area contributed by atoms with Crippen molar-refractivity contribution in [3.63, 3.8) is 0 Å². The fourth-order valence-corrected chi connectivity index (χ4v) is 13.2. The first kappa shape index (κ1) is 86.3. The molecule has 106 heavy (non-hydrogen) atoms. The fourth-order valence-electron chi connectivity index (χ4n) is 12.4. The number of aliphatic imine (C=N–C) groups is 1. The zero-order chi connectivity index (χ0) is 76.4. The molecule has 0 saturated carbocycles. The van der Waals surface area contributed by atoms with Crippen molar-refractivity contribution in [3.05, 3.63) is 229 Å². The molecule has 3 fully saturated rings. The second-order valence-electron chi connectivity index (χ2n) is 25.3. The zero-order valence-corrected chi connectivity index (χ0v) is 64.2. The van der Waals surface area contributed by atoms with Gasteiger partial charge < -0.3 is 40.7 Å². The average molecular weight is 1580 g/mol. The van der Waals surface area contributed by atoms with E-state index in [0.29, 0.717) is 53.5 Å². The van der Waals surface area contributed by atoms with Gasteiger partial charge in [0.1, 0.15) is 11.6 Å². The summed E-state index contributed by atoms with van der Waals surface area (Å²) in [5.41, 5.74) is 15.6. The van der Waals surface area contributed by atoms with Gasteiger partial charge in [-0.1, -0.05) is 93.7 Å². The summed E-state index contributed by atoms with van der Waals surface area (Å²) < 4.78 is 31.7. The summed E-state index contributed by atoms with van der Waals surface area (Å²) >= 11 is 24.0. The van der Waals surface area contributed by atoms with E-state index in [-0.39, 0.29) is 39.0 Å². The number of benzene rings is 6. The number of methoxy groups -OCH3 is 1. The van der Waals surface area contributed by atoms with Crippen molar-refractivity contribution in [3.8, 4) is 24.3 Å². The van der Waals surface area contributed by atoms with Crippen molar-refractivity contribution in [2.45, 2.75) is 102 Å². The highest BCUT2D eigenvalue weighted by atomic mass is 79.9. The van der Waals surface area contributed by atoms with Gasteiger partial charge in [0, 0.05) is 80.8 Å². The van der Waals surface area contributed by atoms with Gasteiger partial charge in [-0.15, -0.1) is 23.2 Å². The molecule has 4 N–H and O–H groups in total. The summed E-state index contributed by atoms with van der Waals surface area (Å²) in [6.45, 7) is 12.8. The second-order valence-corrected chi connectivity index (χ2v) is 27.8. The van der Waals surface area contributed by atoms with Gasteiger partial charge in [0.25, 0.3) is 0 Å². The van der Waals surface area contributed by atoms with Gasteiger partial charge in [0.2, 0.25) is 6.08 Å². The zero-order valence-electron chi connectivity index (χ0n) is 59.5. The molecule has 2 amide bonds. The summed E-state index contributed by atoms with van der Waals surface area (Å²) in [4.78, 5) is 56.9. The standard InChI is InChI=1S/C25H26ClFN4O.C18H23N3.C12H9NO.C7H4BrN.C7H3ClFNO.C6H14N2.C6H8O2.CH2Cl2/c26-23-16-21(7-9-24(23)27)29-25(32)31(13-12-30-10-1-2-11-30)22-8-6-20(15-22)19-5-3-4-18(14-19)17-28;19-14-15-4-3-5-16(12-15)17-6-7-18(13-17)20-8-11-21-9-1-2-10-21;13-8-9-2-1-3-10(6-9)11-4-5-12(14)7-11;8-7-3-1-2-6(4-7)5-9;8-6-3-5(10-4-11)1-2-7(6)9;7-3-6-8-4-1-2-5-8;1-8-6-3-2-5(7)4-6;2-1-3/h3-5,7,9,14-16,22H,1-2,6,8,10-13H2,(H,29,32);3-5,12-13,18,20H,1-2,6-11H2;1-3,6-7H,4-5H2;1-4H;1-3H;1-7H2;4H,2-3H2,1H3;1H2. The number of alkyl halides is 2. The minimum Gasteiger partial charge on any atom is -0.501 e. The van der Waals surface area contributed by atoms with E-state index in [1.807, 2.05) is 77.7 Å². The van der Waals surface area contributed by atoms with Gasteiger partial charge in [-0.3, -0.25) is 9.59 Å². The lowest BCUT2D eigenvalue weighted by atomic mass is 10.0. The highest BCUT2D eigenvalue weighted by Crippen LogP contribution is 2.33. The molecule has 0 bridgehead atoms. The number of nitrogens with two attached hydrogens (primary N) is 1. The van der Waals surface area contributed by atoms with Crippen LogP contribution in [0.4, 0.5) is 25.0 Å². The lowest BCUT2D eigenvalue weighted by Crippen LogP contribution is -2.45. The Hall–Kier alpha value is -8.67. The predicted octanol–water partition coefficient (Wildman–Crippen LogP) is 17.7. The van der Waals surface area contributed by atoms with Crippen LogP contribution >= 0.6 is 62.3 Å². The molecular formula is C82H89BrCl4F2N12O5. The van der Waals surface area contributed by atoms with Crippen LogP contribution in [-0.4, -0.2) is 146 Å². The quantitative estimate of drug-likeness (QED) is 0.0463. The number of carbonyl (C=O) groups excluding carboxylic acids is 4. The third-order valence-electron chi connectivity index (χ3n) is 17.9. The number of amides is 2. The van der Waals surface area contributed by atoms with E-state index in [4.69, 9.17) is 72.7 Å². The second kappa shape index (κ2) is 48.5. The van der Waals surface area contributed by atoms with Crippen LogP contribution in [0.15, 0.2) is 173 Å². The maximum atomic E-state index is 13.5. The number of ether oxygens (including phenoxy) is 1. The molecule has 0 spiro atoms. The molecule has 13 rings (SSSR count). The van der Waals surface area contributed by atoms with Crippen LogP contribution in [0.3, 0.4) is 0 Å². The summed E-state index contributed by atoms with van der Waals surface area (Å²) in [6.07, 6.45) is 23.7. The summed E-state index contributed by atoms with van der Waals surface area (Å²) in [7, 11) is 1.59. The third kappa shape index (κ3) is 31.0. The molecule has 6 aromatic rings. The molecule has 24 heteroatoms. The number of ketones is 2. The Kier molecular flexibility index (Phi) is 39.5. The number of carbonyl (C=O) groups is 3. The minimum atomic E-state index is -0.531. The Labute approximate surface area is 650 Å². The van der Waals surface area contributed by atoms with E-state index in [0.717, 1.165) is 116 Å². The Morgan fingerprint density at radius 2 is 1.08 bits per heavy atom. The van der Waals surface area contributed by atoms with E-state index >= 15 is 0 Å². The molecule has 3 aliphatic heterocycles. The number of hydrogen-bond donors (Lipinski definition) is 3. The fraction of sp³-hybridized carbons (Fsp3) is 0.366. The number of nitriles is 4. The number of isocyanates is 1. The Balaban J connectivity index is 0.000000206. The molecule has 17 nitrogen and oxygen atoms in total. The van der Waals surface area contributed by atoms with Crippen LogP contribution in [0.2, 0.25) is 10.0 Å². The maximum absolute atomic E-state index is 13.5. The van der Waals surface area contributed by atoms with Crippen LogP contribution in [0.25, 0.3) is 16.7 Å². The predicted molar refractivity (Wildman–Crippen MR) is 423 cm³/mol. The number of nitrogens with one attached hydrogen (secondary N) is 2. The lowest BCUT2D eigenvalue weighted by Gasteiger charge is -2.30. The maximum Gasteiger partial charge on any atom is 0.322 e. The summed E-state index contributed by atoms with van der Waals surface area (Å²) in [5.74, 6) is 0.134. The first-order chi connectivity index (χ1) is 51.4. The van der Waals surface area contributed by atoms with Crippen LogP contribution < -0.4 is 16.4 Å². The van der Waals surface area contributed by atoms with Crippen molar-refractivity contribution in [2.75, 3.05) is 96.3 Å². The number of likely N-dealkylation sites (tertiary alicyclic amines) is 3. The number of urea groups is 1. The number of rotatable bonds is 16. The van der Waals surface area contributed by atoms with Gasteiger partial charge in [-0.2, -0.15) is 26.0 Å². The smallest absolute Gasteiger partial charge is 0.322 e. The van der Waals surface area contributed by atoms with Crippen molar-refractivity contribution < 1.29 is 32.7 Å². The molecule has 7 aliphatic rings. The molecule has 0 radical (unpaired) electrons. The van der Waals surface area contributed by atoms with E-state index < -0.39 is 11.6 Å². The van der Waals surface area contributed by atoms with Crippen molar-refractivity contribution >= 4 is 114 Å². The Morgan fingerprint density at radius 1 is 0.604 bits per heavy atom. The molecule has 4 aliphatic carbocycles. The lowest BCUT2D eigenvalue weighted by molar-refractivity contribution is -0.114. The first-order valence-electron chi connectivity index (χ1n) is 35.3. The number of nitrogens with zero attached hydrogens (tertiary/aromatic N) is 9. The topological polar surface area (TPSA) is 248 Å². The van der Waals surface area contributed by atoms with Crippen LogP contribution in [0, 0.1) is 57.0 Å². The van der Waals surface area contributed by atoms with Crippen LogP contribution in [-0.2, 0) is 19.1 Å². The molecule has 556 valence electrons. The van der Waals surface area contributed by atoms with Gasteiger partial charge in [-0.25, -0.2) is 18.4 Å². The first-order valence-corrected chi connectivity index (χ1v) is 37.9. The van der Waals surface area contributed by atoms with Gasteiger partial charge >= 0.3 is 6.03 Å². The van der Waals surface area contributed by atoms with E-state index in [1.165, 1.54) is 125 Å². The summed E-state index contributed by atoms with van der Waals surface area (Å²) in [5, 5.41) is 42.0. The van der Waals surface area contributed by atoms with Crippen LogP contribution in [0.5, 0.6) is 0 Å². The van der Waals surface area contributed by atoms with Crippen molar-refractivity contribution in [1.29, 1.82) is 21.0 Å². The van der Waals surface area contributed by atoms with Crippen LogP contribution in [0.1, 0.15) is 129 Å². The highest BCUT2D eigenvalue weighted by Gasteiger charge is 2.29. The average Bonchev–Trinajstić information content (AvgIpc) is 1.62. The molecule has 3 heterocycles. The molecule has 0 aromatic heterocycles. The number of anilines is 1. The molecule has 6 aromatic carbocycles. The molecular weight excluding hydrogens is 1490 g/mol. The number of halogens is 7. The van der Waals surface area contributed by atoms with E-state index in [1.54, 1.807) is 43.5 Å². The van der Waals surface area contributed by atoms with Gasteiger partial charge in [0.05, 0.1) is 86.5 Å². The number of hydrogen-bond acceptors (Lipinski definition) is 15. The Bertz CT molecular complexity index is 4220. The largest absolute Gasteiger partial charge is 0.501 e. The van der Waals surface area contributed by atoms with E-state index in [2.05, 4.69) is 82.7 Å². The highest BCUT2D eigenvalue weighted by molar-refractivity contribution is 9.10. The SMILES string of the molecule is COC1=CC(=O)CC1.ClCCl.N#Cc1cccc(Br)c1.N#Cc1cccc(C2=CC(=O)CC2)c1.N#Cc1cccc(C2=CC(N(CCN3CCCC3)C(=O)Nc3ccc(F)c(Cl)c3)CC2)c1.N#Cc1cccc(C2=CC(NCCN3CCCC3)CC2)c1.NCCN1CCCC1.O=C=Nc1ccc(F)c(Cl)c1. The third-order valence-corrected chi connectivity index (χ3v) is 19.0. The minimum absolute atomic E-state index is 0.0214.